The van der Waals surface area contributed by atoms with Crippen LogP contribution in [-0.4, -0.2) is 71.7 Å². The molecule has 0 aromatic carbocycles. The number of hydrogen-bond acceptors (Lipinski definition) is 12. The number of thiazole rings is 1. The molecule has 1 aliphatic heterocycles. The number of amides is 3. The first kappa shape index (κ1) is 24.1. The van der Waals surface area contributed by atoms with E-state index in [4.69, 9.17) is 11.5 Å². The van der Waals surface area contributed by atoms with Crippen molar-refractivity contribution in [3.63, 3.8) is 0 Å². The second-order valence-electron chi connectivity index (χ2n) is 4.93. The Labute approximate surface area is 184 Å². The Balaban J connectivity index is 0.00000392. The number of nitrogen functional groups attached to an aromatic ring is 1. The predicted molar refractivity (Wildman–Crippen MR) is 87.9 cm³/mol. The standard InChI is InChI=1S/C11H14N6O8S2.Na/c1-24-16-6(4-3-26-10(12)14-4)8(18)15-7-5(2-25-11(13)20)17(9(7)19)27(21,22)23;/h3,5,7H,2H2,1H3,(H2,12,14)(H2,13,20)(H,15,18)(H,21,22,23);/q;+1/p-1. The number of anilines is 1. The minimum atomic E-state index is -5.19. The molecule has 3 amide bonds. The number of nitrogens with one attached hydrogen (secondary N) is 1. The fraction of sp³-hybridized carbons (Fsp3) is 0.364. The Morgan fingerprint density at radius 2 is 2.14 bits per heavy atom. The molecule has 2 unspecified atom stereocenters. The summed E-state index contributed by atoms with van der Waals surface area (Å²) in [5.74, 6) is -2.18. The van der Waals surface area contributed by atoms with Gasteiger partial charge in [-0.25, -0.2) is 22.5 Å². The molecule has 28 heavy (non-hydrogen) atoms. The van der Waals surface area contributed by atoms with E-state index in [2.05, 4.69) is 25.0 Å². The van der Waals surface area contributed by atoms with Gasteiger partial charge in [-0.1, -0.05) is 5.16 Å². The van der Waals surface area contributed by atoms with E-state index in [-0.39, 0.29) is 50.4 Å². The van der Waals surface area contributed by atoms with Gasteiger partial charge in [0.05, 0.1) is 0 Å². The van der Waals surface area contributed by atoms with Crippen molar-refractivity contribution in [2.45, 2.75) is 12.1 Å². The normalized spacial score (nSPS) is 19.3. The fourth-order valence-corrected chi connectivity index (χ4v) is 3.58. The summed E-state index contributed by atoms with van der Waals surface area (Å²) in [6.45, 7) is -0.728. The zero-order valence-corrected chi connectivity index (χ0v) is 18.2. The number of nitrogens with two attached hydrogens (primary N) is 2. The molecule has 14 nitrogen and oxygen atoms in total. The average molecular weight is 444 g/mol. The quantitative estimate of drug-likeness (QED) is 0.119. The van der Waals surface area contributed by atoms with Crippen molar-refractivity contribution in [1.82, 2.24) is 14.6 Å². The zero-order valence-electron chi connectivity index (χ0n) is 14.5. The van der Waals surface area contributed by atoms with Crippen molar-refractivity contribution in [2.24, 2.45) is 10.9 Å². The van der Waals surface area contributed by atoms with Crippen molar-refractivity contribution < 1.29 is 66.5 Å². The van der Waals surface area contributed by atoms with E-state index < -0.39 is 46.9 Å². The van der Waals surface area contributed by atoms with Crippen LogP contribution in [0.2, 0.25) is 0 Å². The third-order valence-electron chi connectivity index (χ3n) is 3.26. The number of carbonyl (C=O) groups is 3. The van der Waals surface area contributed by atoms with Gasteiger partial charge in [0.15, 0.2) is 21.1 Å². The Bertz CT molecular complexity index is 903. The molecular formula is C11H13N6NaO8S2. The Kier molecular flexibility index (Phi) is 8.15. The molecule has 0 spiro atoms. The van der Waals surface area contributed by atoms with Gasteiger partial charge in [0.25, 0.3) is 11.8 Å². The summed E-state index contributed by atoms with van der Waals surface area (Å²) in [5, 5.41) is 7.21. The number of nitrogens with zero attached hydrogens (tertiary/aromatic N) is 3. The van der Waals surface area contributed by atoms with Crippen LogP contribution in [0.4, 0.5) is 9.93 Å². The van der Waals surface area contributed by atoms with E-state index in [1.807, 2.05) is 0 Å². The van der Waals surface area contributed by atoms with Gasteiger partial charge in [0.2, 0.25) is 0 Å². The van der Waals surface area contributed by atoms with E-state index in [0.29, 0.717) is 0 Å². The molecule has 0 saturated carbocycles. The summed E-state index contributed by atoms with van der Waals surface area (Å²) in [6.07, 6.45) is -1.26. The van der Waals surface area contributed by atoms with Crippen LogP contribution in [0.15, 0.2) is 10.5 Å². The molecule has 0 radical (unpaired) electrons. The molecule has 1 aromatic heterocycles. The van der Waals surface area contributed by atoms with Gasteiger partial charge in [-0.3, -0.25) is 9.59 Å². The molecule has 2 atom stereocenters. The minimum Gasteiger partial charge on any atom is -0.731 e. The molecule has 0 bridgehead atoms. The van der Waals surface area contributed by atoms with E-state index in [1.165, 1.54) is 5.38 Å². The predicted octanol–water partition coefficient (Wildman–Crippen LogP) is -5.67. The van der Waals surface area contributed by atoms with Crippen LogP contribution in [0.25, 0.3) is 0 Å². The topological polar surface area (TPSA) is 219 Å². The first-order valence-electron chi connectivity index (χ1n) is 6.91. The number of rotatable bonds is 7. The van der Waals surface area contributed by atoms with Crippen molar-refractivity contribution in [3.8, 4) is 0 Å². The zero-order chi connectivity index (χ0) is 20.4. The van der Waals surface area contributed by atoms with Gasteiger partial charge in [-0.15, -0.1) is 11.3 Å². The monoisotopic (exact) mass is 444 g/mol. The summed E-state index contributed by atoms with van der Waals surface area (Å²) in [6, 6.07) is -2.96. The third-order valence-corrected chi connectivity index (χ3v) is 4.86. The van der Waals surface area contributed by atoms with Gasteiger partial charge in [-0.05, 0) is 0 Å². The number of hydrogen-bond donors (Lipinski definition) is 3. The van der Waals surface area contributed by atoms with Crippen molar-refractivity contribution in [2.75, 3.05) is 19.5 Å². The molecule has 1 aromatic rings. The number of carbonyl (C=O) groups excluding carboxylic acids is 3. The molecule has 2 heterocycles. The summed E-state index contributed by atoms with van der Waals surface area (Å²) in [5.41, 5.74) is 9.97. The number of β-lactam (4-membered cyclic amide) rings is 1. The second kappa shape index (κ2) is 9.48. The van der Waals surface area contributed by atoms with Gasteiger partial charge in [0.1, 0.15) is 31.5 Å². The summed E-state index contributed by atoms with van der Waals surface area (Å²) in [4.78, 5) is 43.5. The van der Waals surface area contributed by atoms with Crippen LogP contribution in [0.5, 0.6) is 0 Å². The van der Waals surface area contributed by atoms with Crippen LogP contribution >= 0.6 is 11.3 Å². The van der Waals surface area contributed by atoms with Crippen LogP contribution in [-0.2, 0) is 29.5 Å². The Morgan fingerprint density at radius 1 is 1.50 bits per heavy atom. The summed E-state index contributed by atoms with van der Waals surface area (Å²) >= 11 is 1.01. The fourth-order valence-electron chi connectivity index (χ4n) is 2.19. The van der Waals surface area contributed by atoms with Crippen LogP contribution in [0, 0.1) is 0 Å². The number of oxime groups is 1. The summed E-state index contributed by atoms with van der Waals surface area (Å²) < 4.78 is 37.9. The number of primary amides is 1. The maximum atomic E-state index is 12.4. The number of aromatic nitrogens is 1. The van der Waals surface area contributed by atoms with Crippen LogP contribution in [0.3, 0.4) is 0 Å². The van der Waals surface area contributed by atoms with E-state index in [1.54, 1.807) is 0 Å². The Morgan fingerprint density at radius 3 is 2.61 bits per heavy atom. The molecule has 1 saturated heterocycles. The smallest absolute Gasteiger partial charge is 0.731 e. The SMILES string of the molecule is CON=C(C(=O)NC1C(=O)N(S(=O)(=O)[O-])C1COC(N)=O)c1csc(N)n1.[Na+]. The summed E-state index contributed by atoms with van der Waals surface area (Å²) in [7, 11) is -4.03. The van der Waals surface area contributed by atoms with Crippen molar-refractivity contribution >= 4 is 50.4 Å². The second-order valence-corrected chi connectivity index (χ2v) is 7.07. The third kappa shape index (κ3) is 5.30. The van der Waals surface area contributed by atoms with Gasteiger partial charge in [0, 0.05) is 5.38 Å². The maximum absolute atomic E-state index is 12.4. The first-order valence-corrected chi connectivity index (χ1v) is 9.15. The molecule has 2 rings (SSSR count). The molecule has 1 fully saturated rings. The minimum absolute atomic E-state index is 0. The van der Waals surface area contributed by atoms with E-state index in [0.717, 1.165) is 18.4 Å². The first-order chi connectivity index (χ1) is 12.6. The van der Waals surface area contributed by atoms with Crippen molar-refractivity contribution in [3.05, 3.63) is 11.1 Å². The molecule has 0 aliphatic carbocycles. The Hall–Kier alpha value is -1.98. The molecule has 17 heteroatoms. The largest absolute Gasteiger partial charge is 1.00 e. The van der Waals surface area contributed by atoms with Gasteiger partial charge < -0.3 is 30.9 Å². The maximum Gasteiger partial charge on any atom is 1.00 e. The van der Waals surface area contributed by atoms with E-state index >= 15 is 0 Å². The molecular weight excluding hydrogens is 431 g/mol. The molecule has 5 N–H and O–H groups in total. The van der Waals surface area contributed by atoms with E-state index in [9.17, 15) is 27.4 Å². The molecule has 148 valence electrons. The van der Waals surface area contributed by atoms with Gasteiger partial charge >= 0.3 is 35.7 Å². The number of ether oxygens (including phenoxy) is 1. The average Bonchev–Trinajstić information content (AvgIpc) is 2.98. The van der Waals surface area contributed by atoms with Crippen molar-refractivity contribution in [1.29, 1.82) is 0 Å². The van der Waals surface area contributed by atoms with Crippen LogP contribution in [0.1, 0.15) is 5.69 Å². The molecule has 1 aliphatic rings. The van der Waals surface area contributed by atoms with Gasteiger partial charge in [-0.2, -0.15) is 0 Å². The van der Waals surface area contributed by atoms with Crippen LogP contribution < -0.4 is 46.3 Å².